The molecule has 0 aliphatic carbocycles. The van der Waals surface area contributed by atoms with Crippen LogP contribution in [0.1, 0.15) is 10.4 Å². The Morgan fingerprint density at radius 2 is 2.00 bits per heavy atom. The largest absolute Gasteiger partial charge is 0.383 e. The van der Waals surface area contributed by atoms with Crippen LogP contribution in [0.5, 0.6) is 0 Å². The Hall–Kier alpha value is -0.610. The van der Waals surface area contributed by atoms with Crippen LogP contribution in [0.2, 0.25) is 0 Å². The highest BCUT2D eigenvalue weighted by Crippen LogP contribution is 2.22. The molecule has 0 atom stereocenters. The summed E-state index contributed by atoms with van der Waals surface area (Å²) in [7, 11) is 3.75. The monoisotopic (exact) mass is 331 g/mol. The number of halogens is 2. The van der Waals surface area contributed by atoms with Gasteiger partial charge in [-0.1, -0.05) is 15.9 Å². The Morgan fingerprint density at radius 3 is 2.53 bits per heavy atom. The molecule has 15 heavy (non-hydrogen) atoms. The molecule has 1 rings (SSSR count). The Balaban J connectivity index is 2.92. The molecule has 0 saturated heterocycles. The molecule has 0 aliphatic heterocycles. The molecule has 0 spiro atoms. The molecule has 0 bridgehead atoms. The smallest absolute Gasteiger partial charge is 0.188 e. The molecule has 0 unspecified atom stereocenters. The highest BCUT2D eigenvalue weighted by Gasteiger charge is 2.06. The first-order valence-corrected chi connectivity index (χ1v) is 5.93. The minimum absolute atomic E-state index is 0.0110. The van der Waals surface area contributed by atoms with Crippen LogP contribution in [0.3, 0.4) is 0 Å². The standard InChI is InChI=1S/C11H11Br2NO/c1-14(2)6-5-11(15)9-4-3-8(12)7-10(9)13/h3-7H,1-2H3/b6-5+. The van der Waals surface area contributed by atoms with Crippen molar-refractivity contribution in [2.75, 3.05) is 14.1 Å². The summed E-state index contributed by atoms with van der Waals surface area (Å²) in [5, 5.41) is 0. The molecule has 2 nitrogen and oxygen atoms in total. The van der Waals surface area contributed by atoms with E-state index >= 15 is 0 Å². The van der Waals surface area contributed by atoms with Crippen LogP contribution < -0.4 is 0 Å². The lowest BCUT2D eigenvalue weighted by molar-refractivity contribution is 0.104. The summed E-state index contributed by atoms with van der Waals surface area (Å²) in [5.74, 6) is -0.0110. The van der Waals surface area contributed by atoms with Crippen LogP contribution in [0.4, 0.5) is 0 Å². The van der Waals surface area contributed by atoms with E-state index in [1.165, 1.54) is 0 Å². The maximum atomic E-state index is 11.7. The van der Waals surface area contributed by atoms with Gasteiger partial charge >= 0.3 is 0 Å². The number of hydrogen-bond acceptors (Lipinski definition) is 2. The first-order chi connectivity index (χ1) is 7.00. The quantitative estimate of drug-likeness (QED) is 0.624. The molecule has 0 heterocycles. The fourth-order valence-electron chi connectivity index (χ4n) is 0.996. The predicted molar refractivity (Wildman–Crippen MR) is 69.0 cm³/mol. The lowest BCUT2D eigenvalue weighted by atomic mass is 10.1. The molecular formula is C11H11Br2NO. The van der Waals surface area contributed by atoms with Crippen molar-refractivity contribution >= 4 is 37.6 Å². The van der Waals surface area contributed by atoms with Crippen LogP contribution >= 0.6 is 31.9 Å². The molecule has 0 aromatic heterocycles. The number of carbonyl (C=O) groups excluding carboxylic acids is 1. The van der Waals surface area contributed by atoms with E-state index < -0.39 is 0 Å². The second kappa shape index (κ2) is 5.47. The molecule has 0 saturated carbocycles. The molecule has 0 radical (unpaired) electrons. The van der Waals surface area contributed by atoms with E-state index in [1.807, 2.05) is 31.1 Å². The van der Waals surface area contributed by atoms with Crippen molar-refractivity contribution in [1.29, 1.82) is 0 Å². The average molecular weight is 333 g/mol. The summed E-state index contributed by atoms with van der Waals surface area (Å²) < 4.78 is 1.74. The Kier molecular flexibility index (Phi) is 4.54. The van der Waals surface area contributed by atoms with Crippen molar-refractivity contribution in [3.8, 4) is 0 Å². The summed E-state index contributed by atoms with van der Waals surface area (Å²) in [4.78, 5) is 13.5. The zero-order valence-corrected chi connectivity index (χ0v) is 11.7. The highest BCUT2D eigenvalue weighted by molar-refractivity contribution is 9.11. The first kappa shape index (κ1) is 12.5. The number of carbonyl (C=O) groups is 1. The number of hydrogen-bond donors (Lipinski definition) is 0. The second-order valence-corrected chi connectivity index (χ2v) is 5.04. The SMILES string of the molecule is CN(C)/C=C/C(=O)c1ccc(Br)cc1Br. The Bertz CT molecular complexity index is 400. The van der Waals surface area contributed by atoms with Gasteiger partial charge < -0.3 is 4.90 Å². The molecule has 0 aliphatic rings. The summed E-state index contributed by atoms with van der Waals surface area (Å²) in [6, 6.07) is 5.49. The van der Waals surface area contributed by atoms with E-state index in [-0.39, 0.29) is 5.78 Å². The molecule has 4 heteroatoms. The second-order valence-electron chi connectivity index (χ2n) is 3.27. The number of ketones is 1. The predicted octanol–water partition coefficient (Wildman–Crippen LogP) is 3.47. The normalized spacial score (nSPS) is 10.7. The zero-order valence-electron chi connectivity index (χ0n) is 8.50. The lowest BCUT2D eigenvalue weighted by Gasteiger charge is -2.04. The minimum Gasteiger partial charge on any atom is -0.383 e. The number of rotatable bonds is 3. The van der Waals surface area contributed by atoms with E-state index in [4.69, 9.17) is 0 Å². The molecule has 0 amide bonds. The van der Waals surface area contributed by atoms with Gasteiger partial charge in [0.25, 0.3) is 0 Å². The summed E-state index contributed by atoms with van der Waals surface area (Å²) >= 11 is 6.70. The van der Waals surface area contributed by atoms with Crippen molar-refractivity contribution < 1.29 is 4.79 Å². The molecule has 1 aromatic carbocycles. The van der Waals surface area contributed by atoms with E-state index in [0.717, 1.165) is 8.95 Å². The highest BCUT2D eigenvalue weighted by atomic mass is 79.9. The van der Waals surface area contributed by atoms with Crippen molar-refractivity contribution in [2.45, 2.75) is 0 Å². The molecule has 80 valence electrons. The van der Waals surface area contributed by atoms with Gasteiger partial charge in [0.2, 0.25) is 0 Å². The third-order valence-corrected chi connectivity index (χ3v) is 2.87. The van der Waals surface area contributed by atoms with Crippen molar-refractivity contribution in [3.63, 3.8) is 0 Å². The Morgan fingerprint density at radius 1 is 1.33 bits per heavy atom. The first-order valence-electron chi connectivity index (χ1n) is 4.34. The maximum Gasteiger partial charge on any atom is 0.188 e. The summed E-state index contributed by atoms with van der Waals surface area (Å²) in [5.41, 5.74) is 0.663. The molecule has 0 fully saturated rings. The van der Waals surface area contributed by atoms with E-state index in [2.05, 4.69) is 31.9 Å². The summed E-state index contributed by atoms with van der Waals surface area (Å²) in [6.07, 6.45) is 3.28. The summed E-state index contributed by atoms with van der Waals surface area (Å²) in [6.45, 7) is 0. The van der Waals surface area contributed by atoms with Crippen LogP contribution in [-0.2, 0) is 0 Å². The van der Waals surface area contributed by atoms with E-state index in [9.17, 15) is 4.79 Å². The lowest BCUT2D eigenvalue weighted by Crippen LogP contribution is -2.03. The van der Waals surface area contributed by atoms with Crippen LogP contribution in [0, 0.1) is 0 Å². The fraction of sp³-hybridized carbons (Fsp3) is 0.182. The van der Waals surface area contributed by atoms with Crippen LogP contribution in [0.25, 0.3) is 0 Å². The van der Waals surface area contributed by atoms with Gasteiger partial charge in [-0.2, -0.15) is 0 Å². The topological polar surface area (TPSA) is 20.3 Å². The van der Waals surface area contributed by atoms with Gasteiger partial charge in [-0.05, 0) is 34.1 Å². The average Bonchev–Trinajstić information content (AvgIpc) is 2.14. The molecular weight excluding hydrogens is 322 g/mol. The number of benzene rings is 1. The van der Waals surface area contributed by atoms with E-state index in [0.29, 0.717) is 5.56 Å². The van der Waals surface area contributed by atoms with Gasteiger partial charge in [-0.15, -0.1) is 0 Å². The van der Waals surface area contributed by atoms with Gasteiger partial charge in [0.1, 0.15) is 0 Å². The third-order valence-electron chi connectivity index (χ3n) is 1.72. The maximum absolute atomic E-state index is 11.7. The van der Waals surface area contributed by atoms with Gasteiger partial charge in [0, 0.05) is 40.9 Å². The van der Waals surface area contributed by atoms with Crippen LogP contribution in [-0.4, -0.2) is 24.8 Å². The number of nitrogens with zero attached hydrogens (tertiary/aromatic N) is 1. The molecule has 0 N–H and O–H groups in total. The zero-order chi connectivity index (χ0) is 11.4. The van der Waals surface area contributed by atoms with Gasteiger partial charge in [-0.3, -0.25) is 4.79 Å². The molecule has 1 aromatic rings. The van der Waals surface area contributed by atoms with Gasteiger partial charge in [0.05, 0.1) is 0 Å². The fourth-order valence-corrected chi connectivity index (χ4v) is 2.24. The van der Waals surface area contributed by atoms with Gasteiger partial charge in [-0.25, -0.2) is 0 Å². The number of allylic oxidation sites excluding steroid dienone is 1. The third kappa shape index (κ3) is 3.80. The van der Waals surface area contributed by atoms with E-state index in [1.54, 1.807) is 18.3 Å². The minimum atomic E-state index is -0.0110. The van der Waals surface area contributed by atoms with Crippen molar-refractivity contribution in [1.82, 2.24) is 4.90 Å². The Labute approximate surface area is 106 Å². The van der Waals surface area contributed by atoms with Crippen LogP contribution in [0.15, 0.2) is 39.4 Å². The van der Waals surface area contributed by atoms with Crippen molar-refractivity contribution in [2.24, 2.45) is 0 Å². The van der Waals surface area contributed by atoms with Crippen molar-refractivity contribution in [3.05, 3.63) is 45.0 Å². The van der Waals surface area contributed by atoms with Gasteiger partial charge in [0.15, 0.2) is 5.78 Å².